The summed E-state index contributed by atoms with van der Waals surface area (Å²) in [4.78, 5) is 32.5. The maximum Gasteiger partial charge on any atom is 0.255 e. The van der Waals surface area contributed by atoms with Crippen molar-refractivity contribution in [3.05, 3.63) is 95.9 Å². The second-order valence-electron chi connectivity index (χ2n) is 9.78. The molecule has 2 aromatic heterocycles. The molecule has 1 aliphatic heterocycles. The average Bonchev–Trinajstić information content (AvgIpc) is 3.38. The number of carbonyl (C=O) groups excluding carboxylic acids is 2. The molecule has 1 saturated heterocycles. The minimum Gasteiger partial charge on any atom is -0.497 e. The van der Waals surface area contributed by atoms with Gasteiger partial charge in [-0.3, -0.25) is 9.59 Å². The highest BCUT2D eigenvalue weighted by molar-refractivity contribution is 5.97. The van der Waals surface area contributed by atoms with Crippen molar-refractivity contribution >= 4 is 17.6 Å². The fourth-order valence-electron chi connectivity index (χ4n) is 4.84. The van der Waals surface area contributed by atoms with Crippen LogP contribution < -0.4 is 9.64 Å². The van der Waals surface area contributed by atoms with E-state index >= 15 is 0 Å². The fraction of sp³-hybridized carbons (Fsp3) is 0.290. The van der Waals surface area contributed by atoms with Crippen LogP contribution >= 0.6 is 0 Å². The van der Waals surface area contributed by atoms with Gasteiger partial charge in [-0.15, -0.1) is 10.2 Å². The first-order chi connectivity index (χ1) is 19.5. The molecule has 0 aliphatic carbocycles. The molecule has 2 amide bonds. The van der Waals surface area contributed by atoms with E-state index in [0.717, 1.165) is 41.4 Å². The zero-order valence-corrected chi connectivity index (χ0v) is 22.8. The molecule has 0 spiro atoms. The van der Waals surface area contributed by atoms with Crippen molar-refractivity contribution in [2.24, 2.45) is 0 Å². The monoisotopic (exact) mass is 539 g/mol. The van der Waals surface area contributed by atoms with Crippen molar-refractivity contribution in [2.45, 2.75) is 19.9 Å². The molecular weight excluding hydrogens is 506 g/mol. The minimum atomic E-state index is -0.188. The lowest BCUT2D eigenvalue weighted by molar-refractivity contribution is -0.131. The number of benzene rings is 2. The number of carbonyl (C=O) groups is 2. The molecule has 0 radical (unpaired) electrons. The summed E-state index contributed by atoms with van der Waals surface area (Å²) in [6, 6.07) is 22.7. The summed E-state index contributed by atoms with van der Waals surface area (Å²) in [7, 11) is 1.64. The van der Waals surface area contributed by atoms with E-state index in [9.17, 15) is 9.59 Å². The topological polar surface area (TPSA) is 92.0 Å². The zero-order chi connectivity index (χ0) is 27.9. The largest absolute Gasteiger partial charge is 0.497 e. The van der Waals surface area contributed by atoms with E-state index < -0.39 is 0 Å². The van der Waals surface area contributed by atoms with Crippen molar-refractivity contribution in [3.8, 4) is 17.0 Å². The van der Waals surface area contributed by atoms with Gasteiger partial charge in [0.15, 0.2) is 5.82 Å². The Labute approximate surface area is 234 Å². The number of ether oxygens (including phenoxy) is 1. The number of aryl methyl sites for hydroxylation is 1. The van der Waals surface area contributed by atoms with Gasteiger partial charge in [-0.25, -0.2) is 0 Å². The van der Waals surface area contributed by atoms with Crippen LogP contribution in [0.4, 0.5) is 5.82 Å². The van der Waals surface area contributed by atoms with Gasteiger partial charge in [0, 0.05) is 37.3 Å². The highest BCUT2D eigenvalue weighted by atomic mass is 16.5. The summed E-state index contributed by atoms with van der Waals surface area (Å²) in [6.07, 6.45) is 2.36. The van der Waals surface area contributed by atoms with Crippen LogP contribution in [0.5, 0.6) is 5.75 Å². The number of methoxy groups -OCH3 is 1. The maximum absolute atomic E-state index is 13.5. The van der Waals surface area contributed by atoms with Gasteiger partial charge < -0.3 is 23.9 Å². The third kappa shape index (κ3) is 6.31. The van der Waals surface area contributed by atoms with Gasteiger partial charge in [0.1, 0.15) is 18.1 Å². The molecule has 9 heteroatoms. The number of hydrogen-bond acceptors (Lipinski definition) is 7. The SMILES string of the molecule is COc1ccc(-c2ccc(N3CCCN(C(=O)CN(Cc4ccco4)C(=O)c4ccccc4C)CC3)nn2)cc1. The highest BCUT2D eigenvalue weighted by Gasteiger charge is 2.26. The van der Waals surface area contributed by atoms with E-state index in [4.69, 9.17) is 9.15 Å². The zero-order valence-electron chi connectivity index (χ0n) is 22.8. The van der Waals surface area contributed by atoms with Crippen molar-refractivity contribution in [1.29, 1.82) is 0 Å². The number of rotatable bonds is 8. The Morgan fingerprint density at radius 1 is 0.925 bits per heavy atom. The van der Waals surface area contributed by atoms with Crippen LogP contribution in [0.2, 0.25) is 0 Å². The number of anilines is 1. The first-order valence-corrected chi connectivity index (χ1v) is 13.4. The van der Waals surface area contributed by atoms with Crippen molar-refractivity contribution < 1.29 is 18.7 Å². The lowest BCUT2D eigenvalue weighted by Gasteiger charge is -2.27. The van der Waals surface area contributed by atoms with E-state index in [1.54, 1.807) is 30.4 Å². The van der Waals surface area contributed by atoms with Crippen molar-refractivity contribution in [1.82, 2.24) is 20.0 Å². The van der Waals surface area contributed by atoms with Gasteiger partial charge in [-0.05, 0) is 73.5 Å². The third-order valence-corrected chi connectivity index (χ3v) is 7.12. The summed E-state index contributed by atoms with van der Waals surface area (Å²) in [6.45, 7) is 4.64. The molecule has 206 valence electrons. The molecule has 0 atom stereocenters. The van der Waals surface area contributed by atoms with Gasteiger partial charge in [0.2, 0.25) is 5.91 Å². The van der Waals surface area contributed by atoms with Crippen LogP contribution in [0.25, 0.3) is 11.3 Å². The molecule has 0 N–H and O–H groups in total. The molecule has 1 aliphatic rings. The van der Waals surface area contributed by atoms with Crippen LogP contribution in [0.15, 0.2) is 83.5 Å². The second kappa shape index (κ2) is 12.5. The lowest BCUT2D eigenvalue weighted by atomic mass is 10.1. The molecule has 1 fully saturated rings. The first kappa shape index (κ1) is 26.9. The molecule has 2 aromatic carbocycles. The highest BCUT2D eigenvalue weighted by Crippen LogP contribution is 2.22. The number of furan rings is 1. The first-order valence-electron chi connectivity index (χ1n) is 13.4. The smallest absolute Gasteiger partial charge is 0.255 e. The Kier molecular flexibility index (Phi) is 8.39. The Bertz CT molecular complexity index is 1420. The van der Waals surface area contributed by atoms with Crippen molar-refractivity contribution in [3.63, 3.8) is 0 Å². The molecule has 40 heavy (non-hydrogen) atoms. The van der Waals surface area contributed by atoms with Crippen molar-refractivity contribution in [2.75, 3.05) is 44.7 Å². The van der Waals surface area contributed by atoms with E-state index in [1.165, 1.54) is 0 Å². The summed E-state index contributed by atoms with van der Waals surface area (Å²) < 4.78 is 10.7. The summed E-state index contributed by atoms with van der Waals surface area (Å²) in [5, 5.41) is 8.89. The van der Waals surface area contributed by atoms with E-state index in [-0.39, 0.29) is 24.9 Å². The van der Waals surface area contributed by atoms with Crippen LogP contribution in [0, 0.1) is 6.92 Å². The molecule has 4 aromatic rings. The van der Waals surface area contributed by atoms with Crippen LogP contribution in [-0.2, 0) is 11.3 Å². The van der Waals surface area contributed by atoms with Gasteiger partial charge in [0.05, 0.1) is 25.6 Å². The minimum absolute atomic E-state index is 0.0236. The maximum atomic E-state index is 13.5. The van der Waals surface area contributed by atoms with Crippen LogP contribution in [0.3, 0.4) is 0 Å². The normalized spacial score (nSPS) is 13.6. The van der Waals surface area contributed by atoms with E-state index in [1.807, 2.05) is 72.5 Å². The number of aromatic nitrogens is 2. The second-order valence-corrected chi connectivity index (χ2v) is 9.78. The van der Waals surface area contributed by atoms with Gasteiger partial charge in [0.25, 0.3) is 5.91 Å². The molecule has 0 saturated carbocycles. The molecular formula is C31H33N5O4. The van der Waals surface area contributed by atoms with E-state index in [0.29, 0.717) is 31.0 Å². The fourth-order valence-corrected chi connectivity index (χ4v) is 4.84. The molecule has 0 bridgehead atoms. The predicted octanol–water partition coefficient (Wildman–Crippen LogP) is 4.43. The Morgan fingerprint density at radius 2 is 1.75 bits per heavy atom. The van der Waals surface area contributed by atoms with E-state index in [2.05, 4.69) is 15.1 Å². The molecule has 5 rings (SSSR count). The Hall–Kier alpha value is -4.66. The number of hydrogen-bond donors (Lipinski definition) is 0. The standard InChI is InChI=1S/C31H33N5O4/c1-23-7-3-4-9-27(23)31(38)36(21-26-8-5-20-40-26)22-30(37)35-17-6-16-34(18-19-35)29-15-14-28(32-33-29)24-10-12-25(39-2)13-11-24/h3-5,7-15,20H,6,16-19,21-22H2,1-2H3. The van der Waals surface area contributed by atoms with Gasteiger partial charge in [-0.1, -0.05) is 18.2 Å². The number of nitrogens with zero attached hydrogens (tertiary/aromatic N) is 5. The predicted molar refractivity (Wildman–Crippen MR) is 152 cm³/mol. The molecule has 0 unspecified atom stereocenters. The Morgan fingerprint density at radius 3 is 2.45 bits per heavy atom. The lowest BCUT2D eigenvalue weighted by Crippen LogP contribution is -2.44. The average molecular weight is 540 g/mol. The third-order valence-electron chi connectivity index (χ3n) is 7.12. The summed E-state index contributed by atoms with van der Waals surface area (Å²) in [5.41, 5.74) is 3.20. The molecule has 3 heterocycles. The number of amides is 2. The summed E-state index contributed by atoms with van der Waals surface area (Å²) in [5.74, 6) is 1.93. The summed E-state index contributed by atoms with van der Waals surface area (Å²) >= 11 is 0. The molecule has 9 nitrogen and oxygen atoms in total. The van der Waals surface area contributed by atoms with Gasteiger partial charge >= 0.3 is 0 Å². The van der Waals surface area contributed by atoms with Crippen LogP contribution in [-0.4, -0.2) is 71.6 Å². The quantitative estimate of drug-likeness (QED) is 0.327. The van der Waals surface area contributed by atoms with Crippen LogP contribution in [0.1, 0.15) is 28.1 Å². The van der Waals surface area contributed by atoms with Gasteiger partial charge in [-0.2, -0.15) is 0 Å². The Balaban J connectivity index is 1.23.